The lowest BCUT2D eigenvalue weighted by molar-refractivity contribution is 0.433. The summed E-state index contributed by atoms with van der Waals surface area (Å²) in [5, 5.41) is -3.34. The van der Waals surface area contributed by atoms with Gasteiger partial charge in [-0.05, 0) is 47.4 Å². The highest BCUT2D eigenvalue weighted by Gasteiger charge is 2.42. The molecule has 0 spiro atoms. The third-order valence-corrected chi connectivity index (χ3v) is 7.52. The number of rotatable bonds is 3. The fraction of sp³-hybridized carbons (Fsp3) is 0.200. The maximum Gasteiger partial charge on any atom is 0.269 e. The molecule has 0 amide bonds. The normalized spacial score (nSPS) is 19.5. The number of nitrogen functional groups attached to an aromatic ring is 2. The van der Waals surface area contributed by atoms with E-state index in [2.05, 4.69) is 11.8 Å². The summed E-state index contributed by atoms with van der Waals surface area (Å²) in [5.41, 5.74) is 15.3. The van der Waals surface area contributed by atoms with E-state index < -0.39 is 30.7 Å². The molecule has 0 saturated carbocycles. The second-order valence-electron chi connectivity index (χ2n) is 6.96. The lowest BCUT2D eigenvalue weighted by Gasteiger charge is -2.25. The van der Waals surface area contributed by atoms with E-state index in [-0.39, 0.29) is 12.8 Å². The van der Waals surface area contributed by atoms with Crippen LogP contribution in [0, 0.1) is 11.8 Å². The van der Waals surface area contributed by atoms with Gasteiger partial charge in [0.25, 0.3) is 20.2 Å². The Morgan fingerprint density at radius 2 is 1.53 bits per heavy atom. The standard InChI is InChI=1S/C20H20N2O6S2/c21-16-3-1-2-14(11-16)18-8-7-17(22)12-15(18)6-4-13-5-9-19(29(23,24)25)20(10-13)30(26,27)28/h1-3,5,7-8,11-12,19-20H,9-10,21-22H2,(H,23,24,25)(H,26,27,28)/t19-,20+/m0/s1. The van der Waals surface area contributed by atoms with Crippen molar-refractivity contribution in [1.29, 1.82) is 0 Å². The van der Waals surface area contributed by atoms with Crippen LogP contribution in [-0.2, 0) is 20.2 Å². The van der Waals surface area contributed by atoms with E-state index in [4.69, 9.17) is 11.5 Å². The van der Waals surface area contributed by atoms with Gasteiger partial charge in [0.1, 0.15) is 10.5 Å². The number of hydrogen-bond donors (Lipinski definition) is 4. The molecule has 0 fully saturated rings. The Morgan fingerprint density at radius 3 is 2.17 bits per heavy atom. The fourth-order valence-electron chi connectivity index (χ4n) is 3.33. The highest BCUT2D eigenvalue weighted by Crippen LogP contribution is 2.29. The zero-order valence-electron chi connectivity index (χ0n) is 15.7. The Balaban J connectivity index is 2.00. The van der Waals surface area contributed by atoms with E-state index in [1.807, 2.05) is 6.07 Å². The van der Waals surface area contributed by atoms with Crippen LogP contribution in [0.25, 0.3) is 11.1 Å². The van der Waals surface area contributed by atoms with Crippen LogP contribution in [0.2, 0.25) is 0 Å². The predicted molar refractivity (Wildman–Crippen MR) is 116 cm³/mol. The molecule has 8 nitrogen and oxygen atoms in total. The molecule has 30 heavy (non-hydrogen) atoms. The van der Waals surface area contributed by atoms with Crippen molar-refractivity contribution in [1.82, 2.24) is 0 Å². The van der Waals surface area contributed by atoms with Crippen LogP contribution in [0.1, 0.15) is 18.4 Å². The van der Waals surface area contributed by atoms with Crippen molar-refractivity contribution >= 4 is 31.6 Å². The Kier molecular flexibility index (Phi) is 5.92. The van der Waals surface area contributed by atoms with Crippen molar-refractivity contribution < 1.29 is 25.9 Å². The molecule has 0 unspecified atom stereocenters. The second-order valence-corrected chi connectivity index (χ2v) is 10.2. The van der Waals surface area contributed by atoms with Gasteiger partial charge >= 0.3 is 0 Å². The Bertz CT molecular complexity index is 1290. The minimum absolute atomic E-state index is 0.285. The minimum Gasteiger partial charge on any atom is -0.399 e. The van der Waals surface area contributed by atoms with Crippen LogP contribution in [0.4, 0.5) is 11.4 Å². The summed E-state index contributed by atoms with van der Waals surface area (Å²) >= 11 is 0. The highest BCUT2D eigenvalue weighted by atomic mass is 32.2. The average molecular weight is 449 g/mol. The van der Waals surface area contributed by atoms with Crippen molar-refractivity contribution in [3.63, 3.8) is 0 Å². The molecule has 1 aliphatic carbocycles. The molecule has 0 heterocycles. The molecule has 2 aromatic carbocycles. The Labute approximate surface area is 175 Å². The van der Waals surface area contributed by atoms with E-state index in [9.17, 15) is 25.9 Å². The first-order chi connectivity index (χ1) is 13.9. The van der Waals surface area contributed by atoms with Crippen LogP contribution in [-0.4, -0.2) is 36.4 Å². The Hall–Kier alpha value is -2.84. The van der Waals surface area contributed by atoms with Gasteiger partial charge in [0.15, 0.2) is 0 Å². The van der Waals surface area contributed by atoms with E-state index in [0.717, 1.165) is 11.1 Å². The lowest BCUT2D eigenvalue weighted by atomic mass is 9.96. The average Bonchev–Trinajstić information content (AvgIpc) is 2.65. The molecule has 10 heteroatoms. The molecule has 2 aromatic rings. The first kappa shape index (κ1) is 21.9. The van der Waals surface area contributed by atoms with Crippen LogP contribution in [0.3, 0.4) is 0 Å². The smallest absolute Gasteiger partial charge is 0.269 e. The van der Waals surface area contributed by atoms with Gasteiger partial charge in [-0.1, -0.05) is 36.1 Å². The van der Waals surface area contributed by atoms with Crippen molar-refractivity contribution in [2.24, 2.45) is 0 Å². The first-order valence-electron chi connectivity index (χ1n) is 8.84. The monoisotopic (exact) mass is 448 g/mol. The molecule has 0 radical (unpaired) electrons. The number of hydrogen-bond acceptors (Lipinski definition) is 6. The third kappa shape index (κ3) is 5.01. The molecule has 3 rings (SSSR count). The van der Waals surface area contributed by atoms with Crippen LogP contribution in [0.15, 0.2) is 54.1 Å². The summed E-state index contributed by atoms with van der Waals surface area (Å²) in [6.45, 7) is 0. The van der Waals surface area contributed by atoms with Gasteiger partial charge in [0.05, 0.1) is 0 Å². The molecular formula is C20H20N2O6S2. The number of nitrogens with two attached hydrogens (primary N) is 2. The van der Waals surface area contributed by atoms with Gasteiger partial charge in [0.2, 0.25) is 0 Å². The summed E-state index contributed by atoms with van der Waals surface area (Å²) in [4.78, 5) is 0. The SMILES string of the molecule is Nc1cccc(-c2ccc(N)cc2C#CC2=CC[C@H](S(=O)(=O)O)[C@H](S(=O)(=O)O)C2)c1. The van der Waals surface area contributed by atoms with Crippen LogP contribution >= 0.6 is 0 Å². The molecule has 158 valence electrons. The Morgan fingerprint density at radius 1 is 0.867 bits per heavy atom. The summed E-state index contributed by atoms with van der Waals surface area (Å²) in [6, 6.07) is 12.4. The van der Waals surface area contributed by atoms with Gasteiger partial charge in [0, 0.05) is 23.4 Å². The van der Waals surface area contributed by atoms with Gasteiger partial charge in [-0.3, -0.25) is 9.11 Å². The van der Waals surface area contributed by atoms with E-state index in [1.165, 1.54) is 6.08 Å². The molecule has 0 aromatic heterocycles. The zero-order chi connectivity index (χ0) is 22.1. The van der Waals surface area contributed by atoms with Crippen LogP contribution in [0.5, 0.6) is 0 Å². The number of allylic oxidation sites excluding steroid dienone is 2. The summed E-state index contributed by atoms with van der Waals surface area (Å²) in [5.74, 6) is 5.78. The molecule has 6 N–H and O–H groups in total. The van der Waals surface area contributed by atoms with Crippen molar-refractivity contribution in [3.8, 4) is 23.0 Å². The van der Waals surface area contributed by atoms with E-state index in [1.54, 1.807) is 36.4 Å². The summed E-state index contributed by atoms with van der Waals surface area (Å²) in [7, 11) is -9.38. The van der Waals surface area contributed by atoms with Crippen molar-refractivity contribution in [3.05, 3.63) is 59.7 Å². The molecule has 0 aliphatic heterocycles. The number of benzene rings is 2. The largest absolute Gasteiger partial charge is 0.399 e. The quantitative estimate of drug-likeness (QED) is 0.315. The van der Waals surface area contributed by atoms with Crippen molar-refractivity contribution in [2.75, 3.05) is 11.5 Å². The molecule has 2 atom stereocenters. The zero-order valence-corrected chi connectivity index (χ0v) is 17.3. The minimum atomic E-state index is -4.72. The van der Waals surface area contributed by atoms with Crippen molar-refractivity contribution in [2.45, 2.75) is 23.3 Å². The number of anilines is 2. The lowest BCUT2D eigenvalue weighted by Crippen LogP contribution is -2.41. The predicted octanol–water partition coefficient (Wildman–Crippen LogP) is 2.10. The highest BCUT2D eigenvalue weighted by molar-refractivity contribution is 7.90. The third-order valence-electron chi connectivity index (χ3n) is 4.80. The van der Waals surface area contributed by atoms with Gasteiger partial charge in [-0.25, -0.2) is 0 Å². The summed E-state index contributed by atoms with van der Waals surface area (Å²) < 4.78 is 65.0. The van der Waals surface area contributed by atoms with Gasteiger partial charge in [-0.2, -0.15) is 16.8 Å². The maximum atomic E-state index is 11.7. The van der Waals surface area contributed by atoms with E-state index in [0.29, 0.717) is 22.5 Å². The molecule has 0 bridgehead atoms. The van der Waals surface area contributed by atoms with Crippen LogP contribution < -0.4 is 11.5 Å². The van der Waals surface area contributed by atoms with Gasteiger partial charge < -0.3 is 11.5 Å². The first-order valence-corrected chi connectivity index (χ1v) is 11.8. The molecular weight excluding hydrogens is 428 g/mol. The molecule has 0 saturated heterocycles. The summed E-state index contributed by atoms with van der Waals surface area (Å²) in [6.07, 6.45) is 0.818. The topological polar surface area (TPSA) is 161 Å². The fourth-order valence-corrected chi connectivity index (χ4v) is 5.87. The maximum absolute atomic E-state index is 11.7. The van der Waals surface area contributed by atoms with E-state index >= 15 is 0 Å². The molecule has 1 aliphatic rings. The van der Waals surface area contributed by atoms with Gasteiger partial charge in [-0.15, -0.1) is 0 Å². The second kappa shape index (κ2) is 8.12.